The first-order chi connectivity index (χ1) is 15.9. The first kappa shape index (κ1) is 22.2. The molecule has 0 unspecified atom stereocenters. The average molecular weight is 490 g/mol. The predicted octanol–water partition coefficient (Wildman–Crippen LogP) is 0.865. The van der Waals surface area contributed by atoms with Crippen molar-refractivity contribution < 1.29 is 21.6 Å². The van der Waals surface area contributed by atoms with E-state index in [0.29, 0.717) is 19.0 Å². The zero-order chi connectivity index (χ0) is 23.1. The lowest BCUT2D eigenvalue weighted by atomic mass is 10.0. The van der Waals surface area contributed by atoms with E-state index in [1.807, 2.05) is 28.8 Å². The molecule has 0 spiro atoms. The predicted molar refractivity (Wildman–Crippen MR) is 119 cm³/mol. The van der Waals surface area contributed by atoms with Crippen LogP contribution < -0.4 is 4.72 Å². The maximum Gasteiger partial charge on any atom is 0.243 e. The molecule has 5 rings (SSSR count). The summed E-state index contributed by atoms with van der Waals surface area (Å²) in [6, 6.07) is 13.1. The van der Waals surface area contributed by atoms with Crippen molar-refractivity contribution in [3.63, 3.8) is 0 Å². The van der Waals surface area contributed by atoms with Crippen LogP contribution in [0.5, 0.6) is 0 Å². The summed E-state index contributed by atoms with van der Waals surface area (Å²) in [6.07, 6.45) is 1.59. The van der Waals surface area contributed by atoms with Gasteiger partial charge in [-0.3, -0.25) is 4.57 Å². The number of morpholine rings is 1. The summed E-state index contributed by atoms with van der Waals surface area (Å²) in [6.45, 7) is 1.18. The Morgan fingerprint density at radius 2 is 1.58 bits per heavy atom. The van der Waals surface area contributed by atoms with Gasteiger partial charge < -0.3 is 4.74 Å². The molecule has 0 amide bonds. The van der Waals surface area contributed by atoms with Crippen molar-refractivity contribution in [2.75, 3.05) is 26.3 Å². The second kappa shape index (κ2) is 8.61. The monoisotopic (exact) mass is 489 g/mol. The third kappa shape index (κ3) is 4.20. The number of hydrogen-bond acceptors (Lipinski definition) is 7. The fourth-order valence-electron chi connectivity index (χ4n) is 4.06. The summed E-state index contributed by atoms with van der Waals surface area (Å²) in [7, 11) is -7.58. The molecular weight excluding hydrogens is 466 g/mol. The lowest BCUT2D eigenvalue weighted by molar-refractivity contribution is 0.0730. The van der Waals surface area contributed by atoms with Gasteiger partial charge in [0.15, 0.2) is 5.82 Å². The molecular formula is C21H23N5O5S2. The molecule has 3 aromatic rings. The molecule has 3 heterocycles. The highest BCUT2D eigenvalue weighted by Gasteiger charge is 2.27. The summed E-state index contributed by atoms with van der Waals surface area (Å²) in [4.78, 5) is 0.0219. The molecule has 1 saturated heterocycles. The molecule has 2 aromatic carbocycles. The third-order valence-electron chi connectivity index (χ3n) is 5.81. The fraction of sp³-hybridized carbons (Fsp3) is 0.333. The van der Waals surface area contributed by atoms with E-state index >= 15 is 0 Å². The number of nitrogens with one attached hydrogen (secondary N) is 1. The Kier molecular flexibility index (Phi) is 5.79. The van der Waals surface area contributed by atoms with Crippen molar-refractivity contribution >= 4 is 20.0 Å². The minimum atomic E-state index is -3.89. The van der Waals surface area contributed by atoms with Gasteiger partial charge in [0.1, 0.15) is 5.82 Å². The SMILES string of the molecule is O=S(=O)(NCc1nnc2n1-c1ccccc1CC2)c1ccc(S(=O)(=O)N2CCOCC2)cc1. The van der Waals surface area contributed by atoms with Crippen molar-refractivity contribution in [1.82, 2.24) is 23.8 Å². The third-order valence-corrected chi connectivity index (χ3v) is 9.14. The van der Waals surface area contributed by atoms with Crippen molar-refractivity contribution in [3.05, 3.63) is 65.7 Å². The number of ether oxygens (including phenoxy) is 1. The summed E-state index contributed by atoms with van der Waals surface area (Å²) >= 11 is 0. The fourth-order valence-corrected chi connectivity index (χ4v) is 6.45. The molecule has 12 heteroatoms. The Bertz CT molecular complexity index is 1380. The molecule has 10 nitrogen and oxygen atoms in total. The van der Waals surface area contributed by atoms with Crippen LogP contribution in [0.4, 0.5) is 0 Å². The van der Waals surface area contributed by atoms with Crippen molar-refractivity contribution in [2.24, 2.45) is 0 Å². The van der Waals surface area contributed by atoms with E-state index in [1.165, 1.54) is 28.6 Å². The number of nitrogens with zero attached hydrogens (tertiary/aromatic N) is 4. The molecule has 33 heavy (non-hydrogen) atoms. The first-order valence-electron chi connectivity index (χ1n) is 10.6. The standard InChI is InChI=1S/C21H23N5O5S2/c27-32(28,17-6-8-18(9-7-17)33(29,30)25-11-13-31-14-12-25)22-15-21-24-23-20-10-5-16-3-1-2-4-19(16)26(20)21/h1-4,6-9,22H,5,10-15H2. The zero-order valence-corrected chi connectivity index (χ0v) is 19.3. The number of aryl methyl sites for hydroxylation is 2. The van der Waals surface area contributed by atoms with E-state index in [1.54, 1.807) is 0 Å². The molecule has 1 N–H and O–H groups in total. The lowest BCUT2D eigenvalue weighted by Gasteiger charge is -2.26. The molecule has 0 radical (unpaired) electrons. The van der Waals surface area contributed by atoms with E-state index in [2.05, 4.69) is 14.9 Å². The second-order valence-electron chi connectivity index (χ2n) is 7.81. The zero-order valence-electron chi connectivity index (χ0n) is 17.7. The minimum absolute atomic E-state index is 0.0257. The molecule has 2 aliphatic heterocycles. The smallest absolute Gasteiger partial charge is 0.243 e. The van der Waals surface area contributed by atoms with E-state index in [-0.39, 0.29) is 29.4 Å². The van der Waals surface area contributed by atoms with Crippen molar-refractivity contribution in [1.29, 1.82) is 0 Å². The normalized spacial score (nSPS) is 16.8. The molecule has 0 bridgehead atoms. The Morgan fingerprint density at radius 3 is 2.33 bits per heavy atom. The average Bonchev–Trinajstić information content (AvgIpc) is 3.27. The van der Waals surface area contributed by atoms with Crippen LogP contribution in [0, 0.1) is 0 Å². The summed E-state index contributed by atoms with van der Waals surface area (Å²) < 4.78 is 62.2. The van der Waals surface area contributed by atoms with Crippen LogP contribution in [-0.4, -0.2) is 62.2 Å². The number of hydrogen-bond donors (Lipinski definition) is 1. The molecule has 0 atom stereocenters. The topological polar surface area (TPSA) is 123 Å². The quantitative estimate of drug-likeness (QED) is 0.545. The van der Waals surface area contributed by atoms with Gasteiger partial charge in [-0.2, -0.15) is 4.31 Å². The van der Waals surface area contributed by atoms with E-state index < -0.39 is 20.0 Å². The second-order valence-corrected chi connectivity index (χ2v) is 11.5. The molecule has 0 aliphatic carbocycles. The number of aromatic nitrogens is 3. The highest BCUT2D eigenvalue weighted by atomic mass is 32.2. The highest BCUT2D eigenvalue weighted by molar-refractivity contribution is 7.89. The van der Waals surface area contributed by atoms with Crippen LogP contribution >= 0.6 is 0 Å². The van der Waals surface area contributed by atoms with Crippen molar-refractivity contribution in [3.8, 4) is 5.69 Å². The van der Waals surface area contributed by atoms with Crippen molar-refractivity contribution in [2.45, 2.75) is 29.2 Å². The molecule has 2 aliphatic rings. The molecule has 1 fully saturated rings. The molecule has 1 aromatic heterocycles. The van der Waals surface area contributed by atoms with Gasteiger partial charge in [-0.1, -0.05) is 18.2 Å². The Hall–Kier alpha value is -2.64. The van der Waals surface area contributed by atoms with Gasteiger partial charge in [0.2, 0.25) is 20.0 Å². The largest absolute Gasteiger partial charge is 0.379 e. The maximum atomic E-state index is 12.9. The summed E-state index contributed by atoms with van der Waals surface area (Å²) in [5.41, 5.74) is 2.11. The van der Waals surface area contributed by atoms with E-state index in [4.69, 9.17) is 4.74 Å². The number of sulfonamides is 2. The maximum absolute atomic E-state index is 12.9. The minimum Gasteiger partial charge on any atom is -0.379 e. The Labute approximate surface area is 192 Å². The van der Waals surface area contributed by atoms with Crippen LogP contribution in [0.25, 0.3) is 5.69 Å². The van der Waals surface area contributed by atoms with Crippen LogP contribution in [0.1, 0.15) is 17.2 Å². The van der Waals surface area contributed by atoms with Crippen LogP contribution in [-0.2, 0) is 44.2 Å². The lowest BCUT2D eigenvalue weighted by Crippen LogP contribution is -2.40. The Balaban J connectivity index is 1.34. The van der Waals surface area contributed by atoms with Gasteiger partial charge in [0.25, 0.3) is 0 Å². The number of benzene rings is 2. The summed E-state index contributed by atoms with van der Waals surface area (Å²) in [5.74, 6) is 1.29. The molecule has 174 valence electrons. The number of fused-ring (bicyclic) bond motifs is 3. The van der Waals surface area contributed by atoms with Crippen LogP contribution in [0.15, 0.2) is 58.3 Å². The first-order valence-corrected chi connectivity index (χ1v) is 13.5. The van der Waals surface area contributed by atoms with Gasteiger partial charge in [-0.15, -0.1) is 10.2 Å². The van der Waals surface area contributed by atoms with Gasteiger partial charge in [0.05, 0.1) is 35.2 Å². The van der Waals surface area contributed by atoms with Gasteiger partial charge >= 0.3 is 0 Å². The number of rotatable bonds is 6. The van der Waals surface area contributed by atoms with Crippen LogP contribution in [0.2, 0.25) is 0 Å². The molecule has 0 saturated carbocycles. The van der Waals surface area contributed by atoms with E-state index in [9.17, 15) is 16.8 Å². The van der Waals surface area contributed by atoms with Crippen LogP contribution in [0.3, 0.4) is 0 Å². The van der Waals surface area contributed by atoms with E-state index in [0.717, 1.165) is 29.9 Å². The Morgan fingerprint density at radius 1 is 0.879 bits per heavy atom. The van der Waals surface area contributed by atoms with Gasteiger partial charge in [-0.25, -0.2) is 21.6 Å². The number of para-hydroxylation sites is 1. The van der Waals surface area contributed by atoms with Gasteiger partial charge in [-0.05, 0) is 42.3 Å². The van der Waals surface area contributed by atoms with Gasteiger partial charge in [0, 0.05) is 19.5 Å². The highest BCUT2D eigenvalue weighted by Crippen LogP contribution is 2.25. The summed E-state index contributed by atoms with van der Waals surface area (Å²) in [5, 5.41) is 8.39.